The van der Waals surface area contributed by atoms with Crippen molar-refractivity contribution in [3.8, 4) is 5.75 Å². The molecule has 2 aliphatic rings. The van der Waals surface area contributed by atoms with Gasteiger partial charge in [0.05, 0.1) is 43.8 Å². The normalized spacial score (nSPS) is 18.1. The summed E-state index contributed by atoms with van der Waals surface area (Å²) in [6, 6.07) is 18.0. The second kappa shape index (κ2) is 9.61. The van der Waals surface area contributed by atoms with Crippen molar-refractivity contribution < 1.29 is 23.5 Å². The third kappa shape index (κ3) is 4.19. The molecular weight excluding hydrogens is 460 g/mol. The first-order valence-electron chi connectivity index (χ1n) is 11.5. The lowest BCUT2D eigenvalue weighted by atomic mass is 9.95. The van der Waals surface area contributed by atoms with Crippen molar-refractivity contribution in [3.63, 3.8) is 0 Å². The minimum atomic E-state index is -0.890. The molecule has 2 atom stereocenters. The Kier molecular flexibility index (Phi) is 6.20. The smallest absolute Gasteiger partial charge is 0.322 e. The summed E-state index contributed by atoms with van der Waals surface area (Å²) >= 11 is 0. The first-order valence-corrected chi connectivity index (χ1v) is 11.5. The molecule has 0 fully saturated rings. The van der Waals surface area contributed by atoms with Gasteiger partial charge in [-0.1, -0.05) is 42.5 Å². The van der Waals surface area contributed by atoms with E-state index in [1.54, 1.807) is 38.4 Å². The van der Waals surface area contributed by atoms with Gasteiger partial charge in [-0.2, -0.15) is 0 Å². The summed E-state index contributed by atoms with van der Waals surface area (Å²) in [6.07, 6.45) is 1.54. The topological polar surface area (TPSA) is 104 Å². The van der Waals surface area contributed by atoms with Crippen molar-refractivity contribution >= 4 is 17.8 Å². The number of urea groups is 1. The number of rotatable bonds is 7. The monoisotopic (exact) mass is 486 g/mol. The fourth-order valence-corrected chi connectivity index (χ4v) is 4.64. The number of methoxy groups -OCH3 is 1. The van der Waals surface area contributed by atoms with Crippen LogP contribution in [0, 0.1) is 0 Å². The predicted octanol–water partition coefficient (Wildman–Crippen LogP) is 3.14. The minimum Gasteiger partial charge on any atom is -0.497 e. The van der Waals surface area contributed by atoms with Gasteiger partial charge >= 0.3 is 6.03 Å². The average molecular weight is 487 g/mol. The zero-order chi connectivity index (χ0) is 25.2. The molecule has 2 unspecified atom stereocenters. The highest BCUT2D eigenvalue weighted by atomic mass is 16.5. The molecule has 0 bridgehead atoms. The predicted molar refractivity (Wildman–Crippen MR) is 131 cm³/mol. The zero-order valence-corrected chi connectivity index (χ0v) is 19.9. The summed E-state index contributed by atoms with van der Waals surface area (Å²) in [5.74, 6) is 0.631. The van der Waals surface area contributed by atoms with Crippen molar-refractivity contribution in [3.05, 3.63) is 101 Å². The second-order valence-corrected chi connectivity index (χ2v) is 8.62. The number of likely N-dealkylation sites (N-methyl/N-ethyl adjacent to an activating group) is 1. The molecule has 2 aromatic carbocycles. The van der Waals surface area contributed by atoms with E-state index >= 15 is 0 Å². The molecule has 0 spiro atoms. The highest BCUT2D eigenvalue weighted by Crippen LogP contribution is 2.39. The third-order valence-electron chi connectivity index (χ3n) is 6.53. The Balaban J connectivity index is 1.48. The van der Waals surface area contributed by atoms with Gasteiger partial charge in [-0.15, -0.1) is 0 Å². The van der Waals surface area contributed by atoms with Crippen molar-refractivity contribution in [2.75, 3.05) is 20.7 Å². The Labute approximate surface area is 208 Å². The van der Waals surface area contributed by atoms with Crippen molar-refractivity contribution in [2.45, 2.75) is 18.6 Å². The van der Waals surface area contributed by atoms with Crippen LogP contribution < -0.4 is 15.4 Å². The van der Waals surface area contributed by atoms with Gasteiger partial charge in [0.15, 0.2) is 0 Å². The number of furan rings is 1. The molecule has 0 radical (unpaired) electrons. The number of hydrogen-bond acceptors (Lipinski definition) is 5. The number of carbonyl (C=O) groups excluding carboxylic acids is 3. The molecule has 2 N–H and O–H groups in total. The maximum Gasteiger partial charge on any atom is 0.322 e. The van der Waals surface area contributed by atoms with Crippen LogP contribution >= 0.6 is 0 Å². The van der Waals surface area contributed by atoms with E-state index in [1.165, 1.54) is 16.1 Å². The number of hydrogen-bond donors (Lipinski definition) is 2. The summed E-state index contributed by atoms with van der Waals surface area (Å²) in [6.45, 7) is 0.317. The highest BCUT2D eigenvalue weighted by Gasteiger charge is 2.46. The maximum atomic E-state index is 13.9. The lowest BCUT2D eigenvalue weighted by Crippen LogP contribution is -2.45. The molecular formula is C27H26N4O5. The molecule has 0 saturated heterocycles. The second-order valence-electron chi connectivity index (χ2n) is 8.62. The summed E-state index contributed by atoms with van der Waals surface area (Å²) < 4.78 is 10.6. The number of carbonyl (C=O) groups is 3. The van der Waals surface area contributed by atoms with Gasteiger partial charge in [0.1, 0.15) is 17.6 Å². The molecule has 36 heavy (non-hydrogen) atoms. The van der Waals surface area contributed by atoms with Crippen LogP contribution in [0.15, 0.2) is 88.7 Å². The van der Waals surface area contributed by atoms with E-state index < -0.39 is 12.1 Å². The molecule has 2 aliphatic heterocycles. The summed E-state index contributed by atoms with van der Waals surface area (Å²) in [7, 11) is 3.20. The molecule has 4 amide bonds. The molecule has 0 aliphatic carbocycles. The van der Waals surface area contributed by atoms with Crippen LogP contribution in [0.1, 0.15) is 29.0 Å². The van der Waals surface area contributed by atoms with E-state index in [1.807, 2.05) is 42.5 Å². The largest absolute Gasteiger partial charge is 0.497 e. The van der Waals surface area contributed by atoms with Gasteiger partial charge in [-0.25, -0.2) is 4.79 Å². The molecule has 3 heterocycles. The Hall–Kier alpha value is -4.53. The molecule has 1 aromatic heterocycles. The quantitative estimate of drug-likeness (QED) is 0.534. The van der Waals surface area contributed by atoms with E-state index in [4.69, 9.17) is 9.15 Å². The molecule has 9 heteroatoms. The van der Waals surface area contributed by atoms with E-state index in [-0.39, 0.29) is 30.9 Å². The molecule has 184 valence electrons. The number of ether oxygens (including phenoxy) is 1. The standard InChI is InChI=1S/C27H26N4O5/c1-30-21-16-31(24(18-7-4-3-5-8-18)25(32)28-15-20-9-6-14-36-20)26(33)22(21)23(29-27(30)34)17-10-12-19(35-2)13-11-17/h3-14,23-24H,15-16H2,1-2H3,(H,28,32)(H,29,34). The average Bonchev–Trinajstić information content (AvgIpc) is 3.54. The zero-order valence-electron chi connectivity index (χ0n) is 19.9. The highest BCUT2D eigenvalue weighted by molar-refractivity contribution is 6.03. The Morgan fingerprint density at radius 2 is 1.86 bits per heavy atom. The van der Waals surface area contributed by atoms with Crippen molar-refractivity contribution in [1.29, 1.82) is 0 Å². The summed E-state index contributed by atoms with van der Waals surface area (Å²) in [5.41, 5.74) is 2.44. The van der Waals surface area contributed by atoms with Gasteiger partial charge in [0.25, 0.3) is 5.91 Å². The third-order valence-corrected chi connectivity index (χ3v) is 6.53. The number of benzene rings is 2. The van der Waals surface area contributed by atoms with E-state index in [0.29, 0.717) is 28.3 Å². The van der Waals surface area contributed by atoms with Crippen LogP contribution in [0.4, 0.5) is 4.79 Å². The van der Waals surface area contributed by atoms with Crippen LogP contribution in [0.3, 0.4) is 0 Å². The molecule has 0 saturated carbocycles. The van der Waals surface area contributed by atoms with Crippen molar-refractivity contribution in [1.82, 2.24) is 20.4 Å². The van der Waals surface area contributed by atoms with Crippen LogP contribution in [0.25, 0.3) is 0 Å². The van der Waals surface area contributed by atoms with Gasteiger partial charge in [-0.05, 0) is 35.4 Å². The van der Waals surface area contributed by atoms with Crippen LogP contribution in [-0.4, -0.2) is 48.3 Å². The lowest BCUT2D eigenvalue weighted by Gasteiger charge is -2.31. The Bertz CT molecular complexity index is 1300. The number of amides is 4. The number of nitrogens with one attached hydrogen (secondary N) is 2. The Morgan fingerprint density at radius 1 is 1.11 bits per heavy atom. The molecule has 9 nitrogen and oxygen atoms in total. The molecule has 3 aromatic rings. The minimum absolute atomic E-state index is 0.123. The SMILES string of the molecule is COc1ccc(C2NC(=O)N(C)C3=C2C(=O)N(C(C(=O)NCc2ccco2)c2ccccc2)C3)cc1. The lowest BCUT2D eigenvalue weighted by molar-refractivity contribution is -0.136. The van der Waals surface area contributed by atoms with E-state index in [9.17, 15) is 14.4 Å². The van der Waals surface area contributed by atoms with Gasteiger partial charge < -0.3 is 24.7 Å². The van der Waals surface area contributed by atoms with E-state index in [0.717, 1.165) is 5.56 Å². The van der Waals surface area contributed by atoms with Gasteiger partial charge in [0.2, 0.25) is 5.91 Å². The Morgan fingerprint density at radius 3 is 2.53 bits per heavy atom. The van der Waals surface area contributed by atoms with Gasteiger partial charge in [0, 0.05) is 7.05 Å². The first kappa shape index (κ1) is 23.2. The van der Waals surface area contributed by atoms with Crippen LogP contribution in [0.5, 0.6) is 5.75 Å². The van der Waals surface area contributed by atoms with Crippen LogP contribution in [-0.2, 0) is 16.1 Å². The van der Waals surface area contributed by atoms with Crippen molar-refractivity contribution in [2.24, 2.45) is 0 Å². The number of nitrogens with zero attached hydrogens (tertiary/aromatic N) is 2. The summed E-state index contributed by atoms with van der Waals surface area (Å²) in [4.78, 5) is 43.1. The molecule has 5 rings (SSSR count). The van der Waals surface area contributed by atoms with Crippen LogP contribution in [0.2, 0.25) is 0 Å². The fourth-order valence-electron chi connectivity index (χ4n) is 4.64. The van der Waals surface area contributed by atoms with E-state index in [2.05, 4.69) is 10.6 Å². The fraction of sp³-hybridized carbons (Fsp3) is 0.222. The van der Waals surface area contributed by atoms with Gasteiger partial charge in [-0.3, -0.25) is 14.5 Å². The first-order chi connectivity index (χ1) is 17.5. The maximum absolute atomic E-state index is 13.9. The summed E-state index contributed by atoms with van der Waals surface area (Å²) in [5, 5.41) is 5.80.